The van der Waals surface area contributed by atoms with E-state index < -0.39 is 25.9 Å². The molecule has 0 aliphatic rings. The molecule has 0 saturated carbocycles. The Hall–Kier alpha value is -0.940. The Morgan fingerprint density at radius 1 is 1.22 bits per heavy atom. The minimum Gasteiger partial charge on any atom is -0.316 e. The molecule has 0 bridgehead atoms. The molecule has 0 aliphatic carbocycles. The van der Waals surface area contributed by atoms with Crippen LogP contribution in [-0.2, 0) is 20.0 Å². The number of hydrogen-bond donors (Lipinski definition) is 3. The van der Waals surface area contributed by atoms with Gasteiger partial charge in [0.1, 0.15) is 5.82 Å². The van der Waals surface area contributed by atoms with Crippen molar-refractivity contribution in [3.05, 3.63) is 24.0 Å². The molecule has 134 valence electrons. The van der Waals surface area contributed by atoms with Gasteiger partial charge in [0.15, 0.2) is 0 Å². The van der Waals surface area contributed by atoms with E-state index in [1.54, 1.807) is 14.0 Å². The van der Waals surface area contributed by atoms with Crippen molar-refractivity contribution in [1.29, 1.82) is 0 Å². The van der Waals surface area contributed by atoms with Gasteiger partial charge in [-0.3, -0.25) is 4.72 Å². The van der Waals surface area contributed by atoms with E-state index in [2.05, 4.69) is 10.0 Å². The quantitative estimate of drug-likeness (QED) is 0.612. The lowest BCUT2D eigenvalue weighted by Crippen LogP contribution is -2.37. The van der Waals surface area contributed by atoms with Crippen molar-refractivity contribution in [3.63, 3.8) is 0 Å². The van der Waals surface area contributed by atoms with Gasteiger partial charge in [-0.25, -0.2) is 25.9 Å². The number of hydrogen-bond acceptors (Lipinski definition) is 5. The molecule has 1 unspecified atom stereocenters. The van der Waals surface area contributed by atoms with Crippen molar-refractivity contribution in [2.24, 2.45) is 0 Å². The van der Waals surface area contributed by atoms with Crippen molar-refractivity contribution in [2.75, 3.05) is 24.1 Å². The lowest BCUT2D eigenvalue weighted by Gasteiger charge is -2.13. The van der Waals surface area contributed by atoms with Crippen LogP contribution in [0.15, 0.2) is 23.1 Å². The zero-order chi connectivity index (χ0) is 17.0. The highest BCUT2D eigenvalue weighted by Gasteiger charge is 2.18. The van der Waals surface area contributed by atoms with E-state index in [0.29, 0.717) is 0 Å². The summed E-state index contributed by atoms with van der Waals surface area (Å²) in [4.78, 5) is -0.271. The fraction of sp³-hybridized carbons (Fsp3) is 0.500. The topological polar surface area (TPSA) is 104 Å². The third-order valence-corrected chi connectivity index (χ3v) is 5.68. The van der Waals surface area contributed by atoms with E-state index in [9.17, 15) is 21.2 Å². The maximum atomic E-state index is 13.9. The average molecular weight is 390 g/mol. The Bertz CT molecular complexity index is 726. The highest BCUT2D eigenvalue weighted by molar-refractivity contribution is 7.92. The smallest absolute Gasteiger partial charge is 0.240 e. The van der Waals surface area contributed by atoms with Crippen molar-refractivity contribution in [3.8, 4) is 0 Å². The Balaban J connectivity index is 0.00000484. The zero-order valence-electron chi connectivity index (χ0n) is 13.0. The maximum Gasteiger partial charge on any atom is 0.240 e. The van der Waals surface area contributed by atoms with Gasteiger partial charge in [0.05, 0.1) is 16.3 Å². The normalized spacial score (nSPS) is 13.2. The van der Waals surface area contributed by atoms with Crippen LogP contribution >= 0.6 is 12.4 Å². The summed E-state index contributed by atoms with van der Waals surface area (Å²) in [7, 11) is -5.80. The number of halogens is 2. The third-order valence-electron chi connectivity index (χ3n) is 2.97. The van der Waals surface area contributed by atoms with Crippen molar-refractivity contribution in [2.45, 2.75) is 24.8 Å². The number of nitrogens with one attached hydrogen (secondary N) is 3. The highest BCUT2D eigenvalue weighted by Crippen LogP contribution is 2.20. The monoisotopic (exact) mass is 389 g/mol. The second kappa shape index (κ2) is 8.78. The minimum atomic E-state index is -3.86. The standard InChI is InChI=1S/C12H20FN3O4S2.ClH/c1-4-21(17,18)16-12-6-5-10(7-11(12)13)22(19,20)15-8-9(2)14-3;/h5-7,9,14-16H,4,8H2,1-3H3;1H. The fourth-order valence-corrected chi connectivity index (χ4v) is 3.19. The second-order valence-corrected chi connectivity index (χ2v) is 8.47. The Labute approximate surface area is 142 Å². The van der Waals surface area contributed by atoms with Crippen LogP contribution in [0.2, 0.25) is 0 Å². The maximum absolute atomic E-state index is 13.9. The van der Waals surface area contributed by atoms with Crippen LogP contribution in [-0.4, -0.2) is 42.2 Å². The van der Waals surface area contributed by atoms with Gasteiger partial charge in [0.2, 0.25) is 20.0 Å². The first-order valence-electron chi connectivity index (χ1n) is 6.58. The van der Waals surface area contributed by atoms with Crippen LogP contribution in [0.1, 0.15) is 13.8 Å². The van der Waals surface area contributed by atoms with Gasteiger partial charge < -0.3 is 5.32 Å². The van der Waals surface area contributed by atoms with Gasteiger partial charge in [0.25, 0.3) is 0 Å². The molecule has 0 amide bonds. The lowest BCUT2D eigenvalue weighted by atomic mass is 10.3. The number of benzene rings is 1. The van der Waals surface area contributed by atoms with E-state index in [-0.39, 0.29) is 41.3 Å². The minimum absolute atomic E-state index is 0. The predicted molar refractivity (Wildman–Crippen MR) is 90.4 cm³/mol. The summed E-state index contributed by atoms with van der Waals surface area (Å²) in [5.74, 6) is -1.17. The predicted octanol–water partition coefficient (Wildman–Crippen LogP) is 0.895. The first-order valence-corrected chi connectivity index (χ1v) is 9.72. The van der Waals surface area contributed by atoms with Gasteiger partial charge in [-0.05, 0) is 39.1 Å². The largest absolute Gasteiger partial charge is 0.316 e. The average Bonchev–Trinajstić information content (AvgIpc) is 2.46. The van der Waals surface area contributed by atoms with Gasteiger partial charge in [-0.2, -0.15) is 0 Å². The molecule has 1 aromatic carbocycles. The molecule has 0 spiro atoms. The molecule has 0 aliphatic heterocycles. The molecular weight excluding hydrogens is 369 g/mol. The summed E-state index contributed by atoms with van der Waals surface area (Å²) in [5.41, 5.74) is -0.288. The molecule has 1 rings (SSSR count). The summed E-state index contributed by atoms with van der Waals surface area (Å²) >= 11 is 0. The van der Waals surface area contributed by atoms with Crippen LogP contribution in [0.25, 0.3) is 0 Å². The molecule has 0 heterocycles. The number of anilines is 1. The summed E-state index contributed by atoms with van der Waals surface area (Å²) in [5, 5.41) is 2.86. The van der Waals surface area contributed by atoms with Gasteiger partial charge in [-0.1, -0.05) is 0 Å². The van der Waals surface area contributed by atoms with Gasteiger partial charge in [-0.15, -0.1) is 12.4 Å². The molecule has 23 heavy (non-hydrogen) atoms. The number of rotatable bonds is 8. The summed E-state index contributed by atoms with van der Waals surface area (Å²) in [6.45, 7) is 3.34. The number of likely N-dealkylation sites (N-methyl/N-ethyl adjacent to an activating group) is 1. The van der Waals surface area contributed by atoms with Crippen LogP contribution in [0, 0.1) is 5.82 Å². The van der Waals surface area contributed by atoms with Crippen molar-refractivity contribution >= 4 is 38.1 Å². The van der Waals surface area contributed by atoms with Crippen molar-refractivity contribution in [1.82, 2.24) is 10.0 Å². The van der Waals surface area contributed by atoms with Crippen molar-refractivity contribution < 1.29 is 21.2 Å². The summed E-state index contributed by atoms with van der Waals surface area (Å²) in [6.07, 6.45) is 0. The summed E-state index contributed by atoms with van der Waals surface area (Å²) < 4.78 is 65.1. The molecule has 1 aromatic rings. The third kappa shape index (κ3) is 6.60. The van der Waals surface area contributed by atoms with E-state index in [1.807, 2.05) is 4.72 Å². The Morgan fingerprint density at radius 2 is 1.83 bits per heavy atom. The first-order chi connectivity index (χ1) is 10.1. The van der Waals surface area contributed by atoms with Crippen LogP contribution in [0.5, 0.6) is 0 Å². The molecule has 3 N–H and O–H groups in total. The number of sulfonamides is 2. The fourth-order valence-electron chi connectivity index (χ4n) is 1.41. The second-order valence-electron chi connectivity index (χ2n) is 4.69. The molecule has 0 fully saturated rings. The zero-order valence-corrected chi connectivity index (χ0v) is 15.4. The van der Waals surface area contributed by atoms with Crippen LogP contribution in [0.3, 0.4) is 0 Å². The van der Waals surface area contributed by atoms with Gasteiger partial charge >= 0.3 is 0 Å². The molecular formula is C12H21ClFN3O4S2. The summed E-state index contributed by atoms with van der Waals surface area (Å²) in [6, 6.07) is 2.91. The van der Waals surface area contributed by atoms with E-state index >= 15 is 0 Å². The van der Waals surface area contributed by atoms with E-state index in [0.717, 1.165) is 18.2 Å². The molecule has 0 radical (unpaired) electrons. The molecule has 0 saturated heterocycles. The van der Waals surface area contributed by atoms with E-state index in [1.165, 1.54) is 6.92 Å². The molecule has 0 aromatic heterocycles. The van der Waals surface area contributed by atoms with Crippen LogP contribution < -0.4 is 14.8 Å². The first kappa shape index (κ1) is 22.1. The molecule has 11 heteroatoms. The lowest BCUT2D eigenvalue weighted by molar-refractivity contribution is 0.553. The molecule has 7 nitrogen and oxygen atoms in total. The molecule has 1 atom stereocenters. The van der Waals surface area contributed by atoms with E-state index in [4.69, 9.17) is 0 Å². The SMILES string of the molecule is CCS(=O)(=O)Nc1ccc(S(=O)(=O)NCC(C)NC)cc1F.Cl. The van der Waals surface area contributed by atoms with Gasteiger partial charge in [0, 0.05) is 12.6 Å². The van der Waals surface area contributed by atoms with Crippen LogP contribution in [0.4, 0.5) is 10.1 Å². The highest BCUT2D eigenvalue weighted by atomic mass is 35.5. The Kier molecular flexibility index (Phi) is 8.43. The Morgan fingerprint density at radius 3 is 2.30 bits per heavy atom.